The van der Waals surface area contributed by atoms with Gasteiger partial charge in [0.05, 0.1) is 11.3 Å². The highest BCUT2D eigenvalue weighted by Crippen LogP contribution is 2.16. The molecule has 0 spiro atoms. The number of nitrogens with one attached hydrogen (secondary N) is 1. The Bertz CT molecular complexity index is 769. The van der Waals surface area contributed by atoms with Gasteiger partial charge in [-0.2, -0.15) is 4.37 Å². The highest BCUT2D eigenvalue weighted by Gasteiger charge is 2.25. The summed E-state index contributed by atoms with van der Waals surface area (Å²) in [7, 11) is 1.71. The minimum absolute atomic E-state index is 0.00209. The van der Waals surface area contributed by atoms with E-state index in [1.165, 1.54) is 16.1 Å². The lowest BCUT2D eigenvalue weighted by molar-refractivity contribution is 0.0932. The number of anilines is 1. The number of hydrogen-bond acceptors (Lipinski definition) is 6. The Kier molecular flexibility index (Phi) is 4.42. The molecule has 1 saturated heterocycles. The lowest BCUT2D eigenvalue weighted by Crippen LogP contribution is -2.49. The van der Waals surface area contributed by atoms with Crippen LogP contribution >= 0.6 is 11.5 Å². The van der Waals surface area contributed by atoms with E-state index >= 15 is 0 Å². The third-order valence-electron chi connectivity index (χ3n) is 4.05. The van der Waals surface area contributed by atoms with E-state index in [0.717, 1.165) is 25.1 Å². The van der Waals surface area contributed by atoms with Crippen molar-refractivity contribution >= 4 is 23.3 Å². The molecule has 1 N–H and O–H groups in total. The minimum atomic E-state index is -0.114. The maximum Gasteiger partial charge on any atom is 0.293 e. The number of carbonyl (C=O) groups is 1. The van der Waals surface area contributed by atoms with Crippen molar-refractivity contribution in [2.45, 2.75) is 25.8 Å². The van der Waals surface area contributed by atoms with E-state index in [0.29, 0.717) is 17.9 Å². The second kappa shape index (κ2) is 6.49. The van der Waals surface area contributed by atoms with Crippen molar-refractivity contribution in [3.05, 3.63) is 39.4 Å². The number of aryl methyl sites for hydroxylation is 2. The summed E-state index contributed by atoms with van der Waals surface area (Å²) in [6.45, 7) is 3.20. The highest BCUT2D eigenvalue weighted by molar-refractivity contribution is 7.03. The van der Waals surface area contributed by atoms with Crippen molar-refractivity contribution < 1.29 is 4.79 Å². The maximum atomic E-state index is 12.3. The van der Waals surface area contributed by atoms with Gasteiger partial charge in [-0.1, -0.05) is 0 Å². The molecule has 1 aliphatic rings. The van der Waals surface area contributed by atoms with Gasteiger partial charge >= 0.3 is 0 Å². The monoisotopic (exact) mass is 333 g/mol. The largest absolute Gasteiger partial charge is 0.350 e. The first-order chi connectivity index (χ1) is 11.1. The van der Waals surface area contributed by atoms with Crippen LogP contribution in [0.4, 0.5) is 5.82 Å². The number of hydrogen-bond donors (Lipinski definition) is 1. The second-order valence-corrected chi connectivity index (χ2v) is 6.37. The summed E-state index contributed by atoms with van der Waals surface area (Å²) in [6.07, 6.45) is 5.07. The van der Waals surface area contributed by atoms with E-state index in [-0.39, 0.29) is 17.5 Å². The molecule has 0 radical (unpaired) electrons. The van der Waals surface area contributed by atoms with Crippen molar-refractivity contribution in [2.24, 2.45) is 7.05 Å². The summed E-state index contributed by atoms with van der Waals surface area (Å²) in [5.41, 5.74) is 1.26. The summed E-state index contributed by atoms with van der Waals surface area (Å²) >= 11 is 1.28. The summed E-state index contributed by atoms with van der Waals surface area (Å²) in [4.78, 5) is 30.7. The van der Waals surface area contributed by atoms with Crippen LogP contribution in [0.25, 0.3) is 0 Å². The predicted octanol–water partition coefficient (Wildman–Crippen LogP) is 0.944. The zero-order chi connectivity index (χ0) is 16.4. The number of aromatic nitrogens is 3. The maximum absolute atomic E-state index is 12.3. The quantitative estimate of drug-likeness (QED) is 0.904. The number of rotatable bonds is 3. The van der Waals surface area contributed by atoms with Crippen LogP contribution in [0.15, 0.2) is 22.6 Å². The van der Waals surface area contributed by atoms with Gasteiger partial charge in [-0.05, 0) is 31.3 Å². The molecule has 1 atom stereocenters. The van der Waals surface area contributed by atoms with E-state index in [1.54, 1.807) is 24.8 Å². The predicted molar refractivity (Wildman–Crippen MR) is 89.0 cm³/mol. The van der Waals surface area contributed by atoms with Gasteiger partial charge in [-0.25, -0.2) is 4.98 Å². The molecule has 1 fully saturated rings. The first-order valence-corrected chi connectivity index (χ1v) is 8.38. The van der Waals surface area contributed by atoms with Crippen LogP contribution in [-0.2, 0) is 7.05 Å². The van der Waals surface area contributed by atoms with Crippen LogP contribution in [0.3, 0.4) is 0 Å². The zero-order valence-corrected chi connectivity index (χ0v) is 14.0. The molecule has 0 bridgehead atoms. The van der Waals surface area contributed by atoms with Gasteiger partial charge in [0.15, 0.2) is 5.82 Å². The molecule has 0 aliphatic carbocycles. The molecular formula is C15H19N5O2S. The molecular weight excluding hydrogens is 314 g/mol. The lowest BCUT2D eigenvalue weighted by atomic mass is 10.1. The fourth-order valence-electron chi connectivity index (χ4n) is 2.76. The van der Waals surface area contributed by atoms with Crippen LogP contribution in [-0.4, -0.2) is 39.0 Å². The van der Waals surface area contributed by atoms with Crippen LogP contribution in [0, 0.1) is 6.92 Å². The normalized spacial score (nSPS) is 18.0. The van der Waals surface area contributed by atoms with E-state index in [4.69, 9.17) is 0 Å². The smallest absolute Gasteiger partial charge is 0.293 e. The molecule has 2 aromatic rings. The molecule has 3 rings (SSSR count). The van der Waals surface area contributed by atoms with Gasteiger partial charge in [0.2, 0.25) is 0 Å². The van der Waals surface area contributed by atoms with Crippen LogP contribution < -0.4 is 15.8 Å². The third kappa shape index (κ3) is 3.26. The Morgan fingerprint density at radius 1 is 1.48 bits per heavy atom. The Morgan fingerprint density at radius 3 is 3.04 bits per heavy atom. The molecule has 7 nitrogen and oxygen atoms in total. The average molecular weight is 333 g/mol. The standard InChI is InChI=1S/C15H19N5O2S/c1-10-12(9-23-18-10)14(21)17-11-4-3-6-20(8-11)13-15(22)19(2)7-5-16-13/h5,7,9,11H,3-4,6,8H2,1-2H3,(H,17,21)/t11-/m1/s1. The molecule has 0 saturated carbocycles. The van der Waals surface area contributed by atoms with E-state index in [2.05, 4.69) is 14.7 Å². The van der Waals surface area contributed by atoms with Gasteiger partial charge in [-0.15, -0.1) is 0 Å². The van der Waals surface area contributed by atoms with Gasteiger partial charge in [0.25, 0.3) is 11.5 Å². The number of nitrogens with zero attached hydrogens (tertiary/aromatic N) is 4. The van der Waals surface area contributed by atoms with Crippen molar-refractivity contribution in [2.75, 3.05) is 18.0 Å². The van der Waals surface area contributed by atoms with Gasteiger partial charge in [0, 0.05) is 44.0 Å². The fourth-order valence-corrected chi connectivity index (χ4v) is 3.45. The summed E-state index contributed by atoms with van der Waals surface area (Å²) in [5.74, 6) is 0.347. The molecule has 122 valence electrons. The van der Waals surface area contributed by atoms with Gasteiger partial charge < -0.3 is 14.8 Å². The highest BCUT2D eigenvalue weighted by atomic mass is 32.1. The van der Waals surface area contributed by atoms with E-state index in [9.17, 15) is 9.59 Å². The average Bonchev–Trinajstić information content (AvgIpc) is 2.96. The number of carbonyl (C=O) groups excluding carboxylic acids is 1. The lowest BCUT2D eigenvalue weighted by Gasteiger charge is -2.33. The molecule has 8 heteroatoms. The van der Waals surface area contributed by atoms with E-state index < -0.39 is 0 Å². The third-order valence-corrected chi connectivity index (χ3v) is 4.77. The molecule has 0 unspecified atom stereocenters. The second-order valence-electron chi connectivity index (χ2n) is 5.74. The van der Waals surface area contributed by atoms with Crippen molar-refractivity contribution in [1.29, 1.82) is 0 Å². The first-order valence-electron chi connectivity index (χ1n) is 7.54. The van der Waals surface area contributed by atoms with Crippen molar-refractivity contribution in [3.63, 3.8) is 0 Å². The molecule has 2 aromatic heterocycles. The van der Waals surface area contributed by atoms with Gasteiger partial charge in [0.1, 0.15) is 0 Å². The molecule has 1 amide bonds. The van der Waals surface area contributed by atoms with Crippen molar-refractivity contribution in [3.8, 4) is 0 Å². The Morgan fingerprint density at radius 2 is 2.30 bits per heavy atom. The summed E-state index contributed by atoms with van der Waals surface area (Å²) in [5, 5.41) is 4.81. The SMILES string of the molecule is Cc1nscc1C(=O)N[C@@H]1CCCN(c2nccn(C)c2=O)C1. The molecule has 0 aromatic carbocycles. The van der Waals surface area contributed by atoms with Gasteiger partial charge in [-0.3, -0.25) is 9.59 Å². The summed E-state index contributed by atoms with van der Waals surface area (Å²) < 4.78 is 5.65. The molecule has 3 heterocycles. The van der Waals surface area contributed by atoms with Crippen LogP contribution in [0.2, 0.25) is 0 Å². The summed E-state index contributed by atoms with van der Waals surface area (Å²) in [6, 6.07) is 0.00209. The van der Waals surface area contributed by atoms with Crippen molar-refractivity contribution in [1.82, 2.24) is 19.2 Å². The Labute approximate surface area is 138 Å². The van der Waals surface area contributed by atoms with Crippen LogP contribution in [0.5, 0.6) is 0 Å². The Hall–Kier alpha value is -2.22. The van der Waals surface area contributed by atoms with E-state index in [1.807, 2.05) is 11.8 Å². The number of amides is 1. The topological polar surface area (TPSA) is 80.1 Å². The van der Waals surface area contributed by atoms with Crippen LogP contribution in [0.1, 0.15) is 28.9 Å². The zero-order valence-electron chi connectivity index (χ0n) is 13.2. The number of piperidine rings is 1. The molecule has 1 aliphatic heterocycles. The first kappa shape index (κ1) is 15.7. The fraction of sp³-hybridized carbons (Fsp3) is 0.467. The Balaban J connectivity index is 1.71. The minimum Gasteiger partial charge on any atom is -0.350 e. The molecule has 23 heavy (non-hydrogen) atoms.